The van der Waals surface area contributed by atoms with Crippen LogP contribution < -0.4 is 10.3 Å². The average Bonchev–Trinajstić information content (AvgIpc) is 2.85. The van der Waals surface area contributed by atoms with Crippen molar-refractivity contribution in [3.63, 3.8) is 0 Å². The highest BCUT2D eigenvalue weighted by Crippen LogP contribution is 2.29. The van der Waals surface area contributed by atoms with Gasteiger partial charge in [-0.1, -0.05) is 44.2 Å². The lowest BCUT2D eigenvalue weighted by atomic mass is 10.2. The van der Waals surface area contributed by atoms with Gasteiger partial charge in [0.2, 0.25) is 10.0 Å². The Morgan fingerprint density at radius 1 is 0.971 bits per heavy atom. The molecule has 0 atom stereocenters. The van der Waals surface area contributed by atoms with Crippen molar-refractivity contribution in [2.24, 2.45) is 5.10 Å². The van der Waals surface area contributed by atoms with Gasteiger partial charge in [-0.3, -0.25) is 15.5 Å². The molecule has 178 valence electrons. The third-order valence-corrected chi connectivity index (χ3v) is 7.38. The molecule has 0 bridgehead atoms. The SMILES string of the molecule is CCN(CC)S(=O)(=O)c1ccc(NN=Cc2ccc(N(C)c3ccccc3)cc2)c([N+](=O)[O-])c1. The van der Waals surface area contributed by atoms with Gasteiger partial charge in [-0.2, -0.15) is 9.41 Å². The average molecular weight is 482 g/mol. The summed E-state index contributed by atoms with van der Waals surface area (Å²) in [4.78, 5) is 12.9. The lowest BCUT2D eigenvalue weighted by Gasteiger charge is -2.19. The minimum absolute atomic E-state index is 0.0974. The largest absolute Gasteiger partial charge is 0.345 e. The molecule has 0 heterocycles. The maximum atomic E-state index is 12.7. The number of nitrogens with one attached hydrogen (secondary N) is 1. The highest BCUT2D eigenvalue weighted by Gasteiger charge is 2.25. The monoisotopic (exact) mass is 481 g/mol. The number of para-hydroxylation sites is 1. The van der Waals surface area contributed by atoms with E-state index in [1.54, 1.807) is 13.8 Å². The molecule has 0 saturated carbocycles. The van der Waals surface area contributed by atoms with E-state index in [-0.39, 0.29) is 29.4 Å². The van der Waals surface area contributed by atoms with Gasteiger partial charge in [0, 0.05) is 37.6 Å². The first-order chi connectivity index (χ1) is 16.3. The molecule has 34 heavy (non-hydrogen) atoms. The van der Waals surface area contributed by atoms with Gasteiger partial charge >= 0.3 is 0 Å². The van der Waals surface area contributed by atoms with E-state index in [9.17, 15) is 18.5 Å². The number of hydrogen-bond acceptors (Lipinski definition) is 7. The molecule has 0 fully saturated rings. The number of anilines is 3. The normalized spacial score (nSPS) is 11.6. The van der Waals surface area contributed by atoms with E-state index in [1.807, 2.05) is 61.6 Å². The molecular formula is C24H27N5O4S. The molecule has 10 heteroatoms. The maximum absolute atomic E-state index is 12.7. The van der Waals surface area contributed by atoms with Crippen molar-refractivity contribution in [2.45, 2.75) is 18.7 Å². The van der Waals surface area contributed by atoms with Crippen molar-refractivity contribution in [1.82, 2.24) is 4.31 Å². The Kier molecular flexibility index (Phi) is 7.98. The second-order valence-electron chi connectivity index (χ2n) is 7.38. The Bertz CT molecular complexity index is 1260. The quantitative estimate of drug-likeness (QED) is 0.252. The number of nitro benzene ring substituents is 1. The lowest BCUT2D eigenvalue weighted by Crippen LogP contribution is -2.30. The fourth-order valence-electron chi connectivity index (χ4n) is 3.39. The summed E-state index contributed by atoms with van der Waals surface area (Å²) in [6.07, 6.45) is 1.54. The van der Waals surface area contributed by atoms with Crippen molar-refractivity contribution in [1.29, 1.82) is 0 Å². The molecule has 9 nitrogen and oxygen atoms in total. The fourth-order valence-corrected chi connectivity index (χ4v) is 4.87. The van der Waals surface area contributed by atoms with Crippen LogP contribution in [0.3, 0.4) is 0 Å². The summed E-state index contributed by atoms with van der Waals surface area (Å²) in [5, 5.41) is 15.7. The standard InChI is InChI=1S/C24H27N5O4S/c1-4-28(5-2)34(32,33)22-15-16-23(24(17-22)29(30)31)26-25-18-19-11-13-21(14-12-19)27(3)20-9-7-6-8-10-20/h6-18,26H,4-5H2,1-3H3. The third-order valence-electron chi connectivity index (χ3n) is 5.33. The molecule has 0 aromatic heterocycles. The van der Waals surface area contributed by atoms with E-state index in [0.717, 1.165) is 23.0 Å². The van der Waals surface area contributed by atoms with Crippen LogP contribution in [0.25, 0.3) is 0 Å². The first kappa shape index (κ1) is 24.9. The van der Waals surface area contributed by atoms with Gasteiger partial charge < -0.3 is 4.90 Å². The number of hydrogen-bond donors (Lipinski definition) is 1. The zero-order chi connectivity index (χ0) is 24.7. The van der Waals surface area contributed by atoms with Crippen LogP contribution >= 0.6 is 0 Å². The summed E-state index contributed by atoms with van der Waals surface area (Å²) < 4.78 is 26.6. The zero-order valence-corrected chi connectivity index (χ0v) is 20.1. The summed E-state index contributed by atoms with van der Waals surface area (Å²) in [5.41, 5.74) is 5.23. The molecule has 0 aliphatic heterocycles. The molecule has 3 aromatic carbocycles. The Morgan fingerprint density at radius 2 is 1.59 bits per heavy atom. The smallest absolute Gasteiger partial charge is 0.295 e. The van der Waals surface area contributed by atoms with Crippen LogP contribution in [0.2, 0.25) is 0 Å². The highest BCUT2D eigenvalue weighted by atomic mass is 32.2. The van der Waals surface area contributed by atoms with Crippen LogP contribution in [0.15, 0.2) is 82.8 Å². The number of benzene rings is 3. The predicted molar refractivity (Wildman–Crippen MR) is 135 cm³/mol. The summed E-state index contributed by atoms with van der Waals surface area (Å²) in [7, 11) is -1.83. The van der Waals surface area contributed by atoms with E-state index in [2.05, 4.69) is 15.4 Å². The van der Waals surface area contributed by atoms with E-state index >= 15 is 0 Å². The molecule has 0 unspecified atom stereocenters. The van der Waals surface area contributed by atoms with Crippen molar-refractivity contribution >= 4 is 39.0 Å². The lowest BCUT2D eigenvalue weighted by molar-refractivity contribution is -0.384. The van der Waals surface area contributed by atoms with E-state index < -0.39 is 14.9 Å². The van der Waals surface area contributed by atoms with E-state index in [4.69, 9.17) is 0 Å². The number of rotatable bonds is 10. The first-order valence-electron chi connectivity index (χ1n) is 10.7. The van der Waals surface area contributed by atoms with Gasteiger partial charge in [-0.25, -0.2) is 8.42 Å². The summed E-state index contributed by atoms with van der Waals surface area (Å²) in [6.45, 7) is 3.98. The summed E-state index contributed by atoms with van der Waals surface area (Å²) >= 11 is 0. The summed E-state index contributed by atoms with van der Waals surface area (Å²) in [6, 6.07) is 21.4. The second-order valence-corrected chi connectivity index (χ2v) is 9.32. The van der Waals surface area contributed by atoms with Gasteiger partial charge in [0.15, 0.2) is 0 Å². The van der Waals surface area contributed by atoms with Gasteiger partial charge in [0.25, 0.3) is 5.69 Å². The predicted octanol–water partition coefficient (Wildman–Crippen LogP) is 4.84. The minimum Gasteiger partial charge on any atom is -0.345 e. The fraction of sp³-hybridized carbons (Fsp3) is 0.208. The van der Waals surface area contributed by atoms with Crippen LogP contribution in [0, 0.1) is 10.1 Å². The van der Waals surface area contributed by atoms with Crippen LogP contribution in [-0.4, -0.2) is 44.0 Å². The van der Waals surface area contributed by atoms with Crippen molar-refractivity contribution in [2.75, 3.05) is 30.5 Å². The van der Waals surface area contributed by atoms with E-state index in [0.29, 0.717) is 0 Å². The molecule has 0 aliphatic rings. The van der Waals surface area contributed by atoms with Crippen LogP contribution in [0.1, 0.15) is 19.4 Å². The second kappa shape index (κ2) is 10.9. The number of hydrazone groups is 1. The van der Waals surface area contributed by atoms with Gasteiger partial charge in [-0.05, 0) is 42.0 Å². The van der Waals surface area contributed by atoms with Crippen LogP contribution in [-0.2, 0) is 10.0 Å². The molecule has 0 spiro atoms. The molecule has 1 N–H and O–H groups in total. The topological polar surface area (TPSA) is 108 Å². The molecule has 0 aliphatic carbocycles. The zero-order valence-electron chi connectivity index (χ0n) is 19.2. The number of sulfonamides is 1. The maximum Gasteiger partial charge on any atom is 0.295 e. The molecule has 0 radical (unpaired) electrons. The van der Waals surface area contributed by atoms with Gasteiger partial charge in [0.05, 0.1) is 16.0 Å². The van der Waals surface area contributed by atoms with Crippen molar-refractivity contribution in [3.05, 3.63) is 88.5 Å². The Morgan fingerprint density at radius 3 is 2.18 bits per heavy atom. The van der Waals surface area contributed by atoms with Gasteiger partial charge in [-0.15, -0.1) is 0 Å². The minimum atomic E-state index is -3.81. The molecule has 3 rings (SSSR count). The van der Waals surface area contributed by atoms with E-state index in [1.165, 1.54) is 22.7 Å². The first-order valence-corrected chi connectivity index (χ1v) is 12.2. The number of nitrogens with zero attached hydrogens (tertiary/aromatic N) is 4. The Labute approximate surface area is 199 Å². The van der Waals surface area contributed by atoms with Crippen molar-refractivity contribution in [3.8, 4) is 0 Å². The van der Waals surface area contributed by atoms with Crippen LogP contribution in [0.5, 0.6) is 0 Å². The van der Waals surface area contributed by atoms with Crippen LogP contribution in [0.4, 0.5) is 22.7 Å². The van der Waals surface area contributed by atoms with Crippen molar-refractivity contribution < 1.29 is 13.3 Å². The van der Waals surface area contributed by atoms with Gasteiger partial charge in [0.1, 0.15) is 5.69 Å². The Balaban J connectivity index is 1.76. The Hall–Kier alpha value is -3.76. The summed E-state index contributed by atoms with van der Waals surface area (Å²) in [5.74, 6) is 0. The molecule has 0 amide bonds. The highest BCUT2D eigenvalue weighted by molar-refractivity contribution is 7.89. The number of nitro groups is 1. The molecular weight excluding hydrogens is 454 g/mol. The molecule has 0 saturated heterocycles. The third kappa shape index (κ3) is 5.59. The molecule has 3 aromatic rings.